The number of carbonyl (C=O) groups is 2. The number of hydrogen-bond acceptors (Lipinski definition) is 7. The van der Waals surface area contributed by atoms with Gasteiger partial charge < -0.3 is 10.0 Å². The summed E-state index contributed by atoms with van der Waals surface area (Å²) in [6.07, 6.45) is 3.74. The Morgan fingerprint density at radius 3 is 2.71 bits per heavy atom. The van der Waals surface area contributed by atoms with E-state index in [2.05, 4.69) is 11.8 Å². The molecule has 10 heteroatoms. The first-order valence-electron chi connectivity index (χ1n) is 10.1. The zero-order valence-electron chi connectivity index (χ0n) is 17.7. The van der Waals surface area contributed by atoms with Gasteiger partial charge in [-0.15, -0.1) is 0 Å². The predicted octanol–water partition coefficient (Wildman–Crippen LogP) is 2.57. The van der Waals surface area contributed by atoms with E-state index in [4.69, 9.17) is 17.3 Å². The Balaban J connectivity index is 2.21. The molecular formula is C21H24N4O4S2. The van der Waals surface area contributed by atoms with Crippen LogP contribution in [-0.4, -0.2) is 50.4 Å². The Bertz CT molecular complexity index is 1090. The van der Waals surface area contributed by atoms with Crippen LogP contribution in [-0.2, 0) is 16.1 Å². The first-order chi connectivity index (χ1) is 14.7. The maximum absolute atomic E-state index is 13.0. The second-order valence-electron chi connectivity index (χ2n) is 7.75. The zero-order chi connectivity index (χ0) is 22.9. The number of pyridine rings is 1. The smallest absolute Gasteiger partial charge is 0.323 e. The summed E-state index contributed by atoms with van der Waals surface area (Å²) in [7, 11) is 0. The number of aliphatic carboxylic acids is 1. The second-order valence-corrected chi connectivity index (χ2v) is 9.43. The van der Waals surface area contributed by atoms with Crippen LogP contribution in [0.3, 0.4) is 0 Å². The molecule has 0 saturated carbocycles. The van der Waals surface area contributed by atoms with Crippen LogP contribution in [0.4, 0.5) is 5.82 Å². The van der Waals surface area contributed by atoms with E-state index in [1.54, 1.807) is 17.6 Å². The van der Waals surface area contributed by atoms with E-state index in [1.807, 2.05) is 13.0 Å². The summed E-state index contributed by atoms with van der Waals surface area (Å²) in [4.78, 5) is 40.4. The van der Waals surface area contributed by atoms with Crippen molar-refractivity contribution in [2.75, 3.05) is 24.5 Å². The van der Waals surface area contributed by atoms with Crippen molar-refractivity contribution in [2.45, 2.75) is 40.2 Å². The number of anilines is 1. The van der Waals surface area contributed by atoms with Gasteiger partial charge in [0.25, 0.3) is 11.5 Å². The summed E-state index contributed by atoms with van der Waals surface area (Å²) < 4.78 is 1.77. The monoisotopic (exact) mass is 460 g/mol. The lowest BCUT2D eigenvalue weighted by Crippen LogP contribution is -2.40. The lowest BCUT2D eigenvalue weighted by molar-refractivity contribution is -0.140. The molecule has 0 aromatic carbocycles. The summed E-state index contributed by atoms with van der Waals surface area (Å²) in [5.74, 6) is -0.490. The number of nitrogens with zero attached hydrogens (tertiary/aromatic N) is 4. The number of piperidine rings is 1. The molecule has 0 radical (unpaired) electrons. The van der Waals surface area contributed by atoms with Crippen molar-refractivity contribution in [1.82, 2.24) is 9.47 Å². The molecule has 2 saturated heterocycles. The summed E-state index contributed by atoms with van der Waals surface area (Å²) >= 11 is 6.23. The molecule has 1 unspecified atom stereocenters. The van der Waals surface area contributed by atoms with E-state index in [1.165, 1.54) is 0 Å². The van der Waals surface area contributed by atoms with Crippen LogP contribution in [0.1, 0.15) is 43.4 Å². The topological polar surface area (TPSA) is 107 Å². The largest absolute Gasteiger partial charge is 0.480 e. The molecule has 3 heterocycles. The molecule has 3 rings (SSSR count). The highest BCUT2D eigenvalue weighted by atomic mass is 32.2. The Morgan fingerprint density at radius 1 is 1.42 bits per heavy atom. The molecule has 2 aliphatic rings. The van der Waals surface area contributed by atoms with Gasteiger partial charge in [-0.2, -0.15) is 5.26 Å². The average molecular weight is 461 g/mol. The third kappa shape index (κ3) is 4.38. The lowest BCUT2D eigenvalue weighted by Gasteiger charge is -2.35. The lowest BCUT2D eigenvalue weighted by atomic mass is 9.98. The maximum atomic E-state index is 13.0. The highest BCUT2D eigenvalue weighted by molar-refractivity contribution is 8.26. The van der Waals surface area contributed by atoms with Gasteiger partial charge in [-0.25, -0.2) is 0 Å². The predicted molar refractivity (Wildman–Crippen MR) is 124 cm³/mol. The molecule has 0 spiro atoms. The van der Waals surface area contributed by atoms with E-state index in [0.717, 1.165) is 42.6 Å². The number of amides is 1. The number of rotatable bonds is 5. The minimum Gasteiger partial charge on any atom is -0.480 e. The summed E-state index contributed by atoms with van der Waals surface area (Å²) in [6.45, 7) is 7.14. The van der Waals surface area contributed by atoms with Gasteiger partial charge in [0.15, 0.2) is 0 Å². The van der Waals surface area contributed by atoms with E-state index in [-0.39, 0.29) is 20.3 Å². The number of carboxylic acids is 1. The molecule has 2 fully saturated rings. The minimum absolute atomic E-state index is 0.0444. The number of carboxylic acid groups (broad SMARTS) is 1. The van der Waals surface area contributed by atoms with Crippen LogP contribution in [0.5, 0.6) is 0 Å². The molecule has 0 bridgehead atoms. The van der Waals surface area contributed by atoms with Crippen LogP contribution >= 0.6 is 24.0 Å². The van der Waals surface area contributed by atoms with Crippen molar-refractivity contribution in [1.29, 1.82) is 5.26 Å². The summed E-state index contributed by atoms with van der Waals surface area (Å²) in [5, 5.41) is 18.7. The van der Waals surface area contributed by atoms with Crippen molar-refractivity contribution < 1.29 is 14.7 Å². The Labute approximate surface area is 190 Å². The molecule has 2 aliphatic heterocycles. The zero-order valence-corrected chi connectivity index (χ0v) is 19.3. The van der Waals surface area contributed by atoms with Crippen molar-refractivity contribution in [3.8, 4) is 6.07 Å². The van der Waals surface area contributed by atoms with E-state index >= 15 is 0 Å². The van der Waals surface area contributed by atoms with Gasteiger partial charge in [0, 0.05) is 25.2 Å². The SMILES string of the molecule is CCn1c(N2CCCC(C)C2)c(/C=C2/SC(=S)N(CC(=O)O)C2=O)c(C)c(C#N)c1=O. The molecular weight excluding hydrogens is 436 g/mol. The van der Waals surface area contributed by atoms with Gasteiger partial charge in [0.2, 0.25) is 0 Å². The first kappa shape index (κ1) is 23.0. The number of hydrogen-bond donors (Lipinski definition) is 1. The molecule has 1 aromatic heterocycles. The minimum atomic E-state index is -1.15. The van der Waals surface area contributed by atoms with E-state index in [9.17, 15) is 19.6 Å². The van der Waals surface area contributed by atoms with Crippen LogP contribution in [0.15, 0.2) is 9.70 Å². The fraction of sp³-hybridized carbons (Fsp3) is 0.476. The fourth-order valence-corrected chi connectivity index (χ4v) is 5.30. The normalized spacial score (nSPS) is 20.5. The number of nitriles is 1. The van der Waals surface area contributed by atoms with Crippen molar-refractivity contribution >= 4 is 52.1 Å². The van der Waals surface area contributed by atoms with Crippen LogP contribution in [0, 0.1) is 24.2 Å². The second kappa shape index (κ2) is 9.24. The fourth-order valence-electron chi connectivity index (χ4n) is 4.06. The molecule has 1 N–H and O–H groups in total. The van der Waals surface area contributed by atoms with Crippen LogP contribution in [0.2, 0.25) is 0 Å². The van der Waals surface area contributed by atoms with Crippen LogP contribution < -0.4 is 10.5 Å². The summed E-state index contributed by atoms with van der Waals surface area (Å²) in [5.41, 5.74) is 0.839. The number of carbonyl (C=O) groups excluding carboxylic acids is 1. The Morgan fingerprint density at radius 2 is 2.13 bits per heavy atom. The molecule has 31 heavy (non-hydrogen) atoms. The number of thioether (sulfide) groups is 1. The van der Waals surface area contributed by atoms with Crippen molar-refractivity contribution in [3.63, 3.8) is 0 Å². The molecule has 0 aliphatic carbocycles. The van der Waals surface area contributed by atoms with Gasteiger partial charge in [0.05, 0.1) is 4.91 Å². The quantitative estimate of drug-likeness (QED) is 0.528. The van der Waals surface area contributed by atoms with E-state index in [0.29, 0.717) is 29.4 Å². The van der Waals surface area contributed by atoms with Gasteiger partial charge in [-0.3, -0.25) is 23.9 Å². The Hall–Kier alpha value is -2.64. The Kier molecular flexibility index (Phi) is 6.86. The molecule has 164 valence electrons. The van der Waals surface area contributed by atoms with Crippen molar-refractivity contribution in [2.24, 2.45) is 5.92 Å². The number of aromatic nitrogens is 1. The summed E-state index contributed by atoms with van der Waals surface area (Å²) in [6, 6.07) is 2.01. The third-order valence-electron chi connectivity index (χ3n) is 5.56. The third-order valence-corrected chi connectivity index (χ3v) is 6.94. The molecule has 8 nitrogen and oxygen atoms in total. The van der Waals surface area contributed by atoms with Gasteiger partial charge in [-0.05, 0) is 44.2 Å². The first-order valence-corrected chi connectivity index (χ1v) is 11.3. The van der Waals surface area contributed by atoms with Gasteiger partial charge in [0.1, 0.15) is 28.3 Å². The van der Waals surface area contributed by atoms with Crippen LogP contribution in [0.25, 0.3) is 6.08 Å². The number of thiocarbonyl (C=S) groups is 1. The van der Waals surface area contributed by atoms with E-state index < -0.39 is 18.4 Å². The van der Waals surface area contributed by atoms with Gasteiger partial charge >= 0.3 is 5.97 Å². The molecule has 1 aromatic rings. The average Bonchev–Trinajstić information content (AvgIpc) is 2.97. The highest BCUT2D eigenvalue weighted by Gasteiger charge is 2.34. The van der Waals surface area contributed by atoms with Gasteiger partial charge in [-0.1, -0.05) is 30.9 Å². The van der Waals surface area contributed by atoms with Crippen molar-refractivity contribution in [3.05, 3.63) is 31.9 Å². The highest BCUT2D eigenvalue weighted by Crippen LogP contribution is 2.36. The maximum Gasteiger partial charge on any atom is 0.323 e. The molecule has 1 atom stereocenters. The standard InChI is InChI=1S/C21H24N4O4S2/c1-4-24-18(23-7-5-6-12(2)10-23)14(13(3)15(9-22)19(24)28)8-16-20(29)25(11-17(26)27)21(30)31-16/h8,12H,4-7,10-11H2,1-3H3,(H,26,27)/b16-8+. The molecule has 1 amide bonds.